The highest BCUT2D eigenvalue weighted by atomic mass is 16.5. The van der Waals surface area contributed by atoms with Gasteiger partial charge in [0.15, 0.2) is 0 Å². The normalized spacial score (nSPS) is 13.5. The number of hydrogen-bond donors (Lipinski definition) is 1. The quantitative estimate of drug-likeness (QED) is 0.611. The number of ether oxygens (including phenoxy) is 1. The van der Waals surface area contributed by atoms with Gasteiger partial charge in [-0.3, -0.25) is 0 Å². The van der Waals surface area contributed by atoms with E-state index in [2.05, 4.69) is 24.1 Å². The summed E-state index contributed by atoms with van der Waals surface area (Å²) in [5, 5.41) is 3.29. The first-order valence-corrected chi connectivity index (χ1v) is 5.75. The van der Waals surface area contributed by atoms with Crippen molar-refractivity contribution in [3.05, 3.63) is 0 Å². The fraction of sp³-hybridized carbons (Fsp3) is 1.00. The third-order valence-corrected chi connectivity index (χ3v) is 2.62. The summed E-state index contributed by atoms with van der Waals surface area (Å²) in [5.41, 5.74) is 0. The van der Waals surface area contributed by atoms with E-state index in [4.69, 9.17) is 4.74 Å². The standard InChI is InChI=1S/C11H26N2O/c1-5-13(6-2)9-8-11(12-4)10-14-7-3/h11-12H,5-10H2,1-4H3. The average Bonchev–Trinajstić information content (AvgIpc) is 2.23. The summed E-state index contributed by atoms with van der Waals surface area (Å²) in [4.78, 5) is 2.44. The molecule has 1 unspecified atom stereocenters. The minimum atomic E-state index is 0.496. The van der Waals surface area contributed by atoms with Crippen LogP contribution in [0.15, 0.2) is 0 Å². The Morgan fingerprint density at radius 2 is 1.86 bits per heavy atom. The zero-order valence-electron chi connectivity index (χ0n) is 10.2. The largest absolute Gasteiger partial charge is 0.380 e. The molecule has 86 valence electrons. The second kappa shape index (κ2) is 9.44. The van der Waals surface area contributed by atoms with E-state index in [0.29, 0.717) is 6.04 Å². The molecule has 0 aromatic heterocycles. The summed E-state index contributed by atoms with van der Waals surface area (Å²) in [7, 11) is 2.01. The first kappa shape index (κ1) is 13.9. The molecular formula is C11H26N2O. The van der Waals surface area contributed by atoms with Crippen molar-refractivity contribution in [2.75, 3.05) is 39.9 Å². The Bertz CT molecular complexity index is 116. The lowest BCUT2D eigenvalue weighted by molar-refractivity contribution is 0.117. The SMILES string of the molecule is CCOCC(CCN(CC)CC)NC. The van der Waals surface area contributed by atoms with Crippen LogP contribution in [0.5, 0.6) is 0 Å². The zero-order valence-corrected chi connectivity index (χ0v) is 10.2. The van der Waals surface area contributed by atoms with Gasteiger partial charge in [0.25, 0.3) is 0 Å². The summed E-state index contributed by atoms with van der Waals surface area (Å²) in [6, 6.07) is 0.496. The molecule has 0 rings (SSSR count). The molecule has 14 heavy (non-hydrogen) atoms. The van der Waals surface area contributed by atoms with Crippen LogP contribution in [0.4, 0.5) is 0 Å². The van der Waals surface area contributed by atoms with E-state index in [1.54, 1.807) is 0 Å². The van der Waals surface area contributed by atoms with Crippen LogP contribution in [0.2, 0.25) is 0 Å². The van der Waals surface area contributed by atoms with Gasteiger partial charge in [0, 0.05) is 12.6 Å². The van der Waals surface area contributed by atoms with Crippen molar-refractivity contribution < 1.29 is 4.74 Å². The second-order valence-corrected chi connectivity index (χ2v) is 3.46. The van der Waals surface area contributed by atoms with Gasteiger partial charge in [0.2, 0.25) is 0 Å². The van der Waals surface area contributed by atoms with E-state index in [9.17, 15) is 0 Å². The van der Waals surface area contributed by atoms with Crippen molar-refractivity contribution in [3.8, 4) is 0 Å². The highest BCUT2D eigenvalue weighted by Crippen LogP contribution is 1.97. The monoisotopic (exact) mass is 202 g/mol. The van der Waals surface area contributed by atoms with Crippen LogP contribution in [-0.4, -0.2) is 50.8 Å². The number of nitrogens with zero attached hydrogens (tertiary/aromatic N) is 1. The first-order chi connectivity index (χ1) is 6.78. The molecule has 0 amide bonds. The lowest BCUT2D eigenvalue weighted by Crippen LogP contribution is -2.35. The van der Waals surface area contributed by atoms with E-state index in [1.807, 2.05) is 14.0 Å². The summed E-state index contributed by atoms with van der Waals surface area (Å²) in [5.74, 6) is 0. The molecule has 1 N–H and O–H groups in total. The smallest absolute Gasteiger partial charge is 0.0619 e. The Balaban J connectivity index is 3.59. The summed E-state index contributed by atoms with van der Waals surface area (Å²) in [6.07, 6.45) is 1.16. The van der Waals surface area contributed by atoms with Crippen molar-refractivity contribution in [1.29, 1.82) is 0 Å². The Hall–Kier alpha value is -0.120. The Morgan fingerprint density at radius 3 is 2.29 bits per heavy atom. The molecule has 1 atom stereocenters. The van der Waals surface area contributed by atoms with Gasteiger partial charge in [-0.15, -0.1) is 0 Å². The number of nitrogens with one attached hydrogen (secondary N) is 1. The van der Waals surface area contributed by atoms with Gasteiger partial charge in [-0.05, 0) is 40.0 Å². The van der Waals surface area contributed by atoms with E-state index >= 15 is 0 Å². The van der Waals surface area contributed by atoms with E-state index < -0.39 is 0 Å². The summed E-state index contributed by atoms with van der Waals surface area (Å²) in [6.45, 7) is 11.5. The predicted molar refractivity (Wildman–Crippen MR) is 61.7 cm³/mol. The highest BCUT2D eigenvalue weighted by molar-refractivity contribution is 4.66. The molecule has 0 bridgehead atoms. The Labute approximate surface area is 88.8 Å². The summed E-state index contributed by atoms with van der Waals surface area (Å²) >= 11 is 0. The van der Waals surface area contributed by atoms with Crippen LogP contribution in [0.25, 0.3) is 0 Å². The Morgan fingerprint density at radius 1 is 1.21 bits per heavy atom. The molecule has 0 fully saturated rings. The van der Waals surface area contributed by atoms with Crippen LogP contribution in [0.3, 0.4) is 0 Å². The van der Waals surface area contributed by atoms with Gasteiger partial charge in [-0.1, -0.05) is 13.8 Å². The van der Waals surface area contributed by atoms with Crippen molar-refractivity contribution in [1.82, 2.24) is 10.2 Å². The first-order valence-electron chi connectivity index (χ1n) is 5.75. The van der Waals surface area contributed by atoms with Crippen LogP contribution < -0.4 is 5.32 Å². The third kappa shape index (κ3) is 6.35. The van der Waals surface area contributed by atoms with Gasteiger partial charge in [-0.25, -0.2) is 0 Å². The minimum Gasteiger partial charge on any atom is -0.380 e. The molecule has 0 aromatic rings. The van der Waals surface area contributed by atoms with Gasteiger partial charge in [-0.2, -0.15) is 0 Å². The lowest BCUT2D eigenvalue weighted by Gasteiger charge is -2.22. The minimum absolute atomic E-state index is 0.496. The van der Waals surface area contributed by atoms with Gasteiger partial charge >= 0.3 is 0 Å². The van der Waals surface area contributed by atoms with Crippen molar-refractivity contribution in [3.63, 3.8) is 0 Å². The molecule has 0 heterocycles. The molecule has 0 saturated carbocycles. The molecule has 0 radical (unpaired) electrons. The van der Waals surface area contributed by atoms with Crippen molar-refractivity contribution in [2.24, 2.45) is 0 Å². The number of likely N-dealkylation sites (N-methyl/N-ethyl adjacent to an activating group) is 1. The van der Waals surface area contributed by atoms with E-state index in [1.165, 1.54) is 0 Å². The molecule has 0 aliphatic rings. The molecular weight excluding hydrogens is 176 g/mol. The summed E-state index contributed by atoms with van der Waals surface area (Å²) < 4.78 is 5.41. The molecule has 0 spiro atoms. The van der Waals surface area contributed by atoms with Crippen molar-refractivity contribution >= 4 is 0 Å². The molecule has 3 heteroatoms. The predicted octanol–water partition coefficient (Wildman–Crippen LogP) is 1.34. The van der Waals surface area contributed by atoms with E-state index in [0.717, 1.165) is 39.3 Å². The molecule has 0 saturated heterocycles. The topological polar surface area (TPSA) is 24.5 Å². The molecule has 0 aromatic carbocycles. The third-order valence-electron chi connectivity index (χ3n) is 2.62. The number of rotatable bonds is 9. The number of hydrogen-bond acceptors (Lipinski definition) is 3. The molecule has 0 aliphatic heterocycles. The highest BCUT2D eigenvalue weighted by Gasteiger charge is 2.07. The maximum Gasteiger partial charge on any atom is 0.0619 e. The van der Waals surface area contributed by atoms with E-state index in [-0.39, 0.29) is 0 Å². The van der Waals surface area contributed by atoms with Crippen LogP contribution >= 0.6 is 0 Å². The Kier molecular flexibility index (Phi) is 9.35. The van der Waals surface area contributed by atoms with Gasteiger partial charge in [0.1, 0.15) is 0 Å². The van der Waals surface area contributed by atoms with Crippen LogP contribution in [0.1, 0.15) is 27.2 Å². The fourth-order valence-electron chi connectivity index (χ4n) is 1.45. The molecule has 3 nitrogen and oxygen atoms in total. The lowest BCUT2D eigenvalue weighted by atomic mass is 10.2. The van der Waals surface area contributed by atoms with Crippen molar-refractivity contribution in [2.45, 2.75) is 33.2 Å². The zero-order chi connectivity index (χ0) is 10.8. The molecule has 0 aliphatic carbocycles. The maximum absolute atomic E-state index is 5.41. The van der Waals surface area contributed by atoms with Gasteiger partial charge in [0.05, 0.1) is 6.61 Å². The van der Waals surface area contributed by atoms with Crippen LogP contribution in [0, 0.1) is 0 Å². The fourth-order valence-corrected chi connectivity index (χ4v) is 1.45. The van der Waals surface area contributed by atoms with Crippen LogP contribution in [-0.2, 0) is 4.74 Å². The average molecular weight is 202 g/mol. The van der Waals surface area contributed by atoms with Gasteiger partial charge < -0.3 is 15.0 Å². The second-order valence-electron chi connectivity index (χ2n) is 3.46. The maximum atomic E-state index is 5.41.